The van der Waals surface area contributed by atoms with Gasteiger partial charge in [0.2, 0.25) is 0 Å². The molecule has 0 aliphatic heterocycles. The molecule has 5 nitrogen and oxygen atoms in total. The zero-order valence-corrected chi connectivity index (χ0v) is 27.3. The Kier molecular flexibility index (Phi) is 6.48. The van der Waals surface area contributed by atoms with Gasteiger partial charge >= 0.3 is 0 Å². The molecule has 0 radical (unpaired) electrons. The van der Waals surface area contributed by atoms with Gasteiger partial charge in [-0.2, -0.15) is 0 Å². The van der Waals surface area contributed by atoms with Crippen molar-refractivity contribution >= 4 is 59.8 Å². The van der Waals surface area contributed by atoms with Gasteiger partial charge in [-0.3, -0.25) is 0 Å². The Morgan fingerprint density at radius 1 is 0.392 bits per heavy atom. The Labute approximate surface area is 293 Å². The Bertz CT molecular complexity index is 2960. The van der Waals surface area contributed by atoms with Crippen molar-refractivity contribution < 1.29 is 0 Å². The molecule has 0 unspecified atom stereocenters. The van der Waals surface area contributed by atoms with Crippen LogP contribution >= 0.6 is 0 Å². The lowest BCUT2D eigenvalue weighted by atomic mass is 10.0. The second-order valence-electron chi connectivity index (χ2n) is 12.8. The van der Waals surface area contributed by atoms with Crippen LogP contribution in [0.15, 0.2) is 164 Å². The molecule has 5 heteroatoms. The van der Waals surface area contributed by atoms with E-state index in [1.165, 1.54) is 10.8 Å². The van der Waals surface area contributed by atoms with Gasteiger partial charge in [-0.1, -0.05) is 109 Å². The van der Waals surface area contributed by atoms with E-state index in [1.54, 1.807) is 0 Å². The molecular formula is C46H27N5. The average Bonchev–Trinajstić information content (AvgIpc) is 3.53. The van der Waals surface area contributed by atoms with Crippen LogP contribution in [0.1, 0.15) is 0 Å². The first kappa shape index (κ1) is 28.8. The van der Waals surface area contributed by atoms with Gasteiger partial charge in [0.1, 0.15) is 0 Å². The third-order valence-corrected chi connectivity index (χ3v) is 9.78. The van der Waals surface area contributed by atoms with Gasteiger partial charge < -0.3 is 4.57 Å². The standard InChI is InChI=1S/C46H27N5/c1-47-38-20-23-43-41(28-38)40-27-37(19-22-42(40)51(43)39-21-18-31-10-4-7-13-34(31)26-39)46-49-44(35-16-14-29-8-2-5-11-32(29)24-35)48-45(50-46)36-17-15-30-9-3-6-12-33(30)25-36/h2-28H. The average molecular weight is 650 g/mol. The van der Waals surface area contributed by atoms with Crippen molar-refractivity contribution in [3.63, 3.8) is 0 Å². The Morgan fingerprint density at radius 3 is 1.37 bits per heavy atom. The number of fused-ring (bicyclic) bond motifs is 6. The summed E-state index contributed by atoms with van der Waals surface area (Å²) in [7, 11) is 0. The third-order valence-electron chi connectivity index (χ3n) is 9.78. The summed E-state index contributed by atoms with van der Waals surface area (Å²) in [5, 5.41) is 8.99. The summed E-state index contributed by atoms with van der Waals surface area (Å²) in [6, 6.07) is 56.6. The maximum atomic E-state index is 7.77. The van der Waals surface area contributed by atoms with Crippen molar-refractivity contribution in [2.24, 2.45) is 0 Å². The summed E-state index contributed by atoms with van der Waals surface area (Å²) in [6.45, 7) is 7.77. The summed E-state index contributed by atoms with van der Waals surface area (Å²) in [6.07, 6.45) is 0. The number of nitrogens with zero attached hydrogens (tertiary/aromatic N) is 5. The van der Waals surface area contributed by atoms with Gasteiger partial charge in [-0.25, -0.2) is 19.8 Å². The van der Waals surface area contributed by atoms with E-state index in [9.17, 15) is 0 Å². The quantitative estimate of drug-likeness (QED) is 0.178. The minimum Gasteiger partial charge on any atom is -0.309 e. The summed E-state index contributed by atoms with van der Waals surface area (Å²) >= 11 is 0. The molecular weight excluding hydrogens is 623 g/mol. The van der Waals surface area contributed by atoms with Crippen molar-refractivity contribution in [3.05, 3.63) is 175 Å². The smallest absolute Gasteiger partial charge is 0.188 e. The van der Waals surface area contributed by atoms with Crippen LogP contribution in [-0.2, 0) is 0 Å². The van der Waals surface area contributed by atoms with Crippen LogP contribution in [0.5, 0.6) is 0 Å². The van der Waals surface area contributed by atoms with Gasteiger partial charge in [0.05, 0.1) is 17.6 Å². The van der Waals surface area contributed by atoms with Crippen LogP contribution in [0.2, 0.25) is 0 Å². The minimum absolute atomic E-state index is 0.589. The monoisotopic (exact) mass is 649 g/mol. The number of hydrogen-bond donors (Lipinski definition) is 0. The molecule has 0 atom stereocenters. The van der Waals surface area contributed by atoms with Crippen molar-refractivity contribution in [2.45, 2.75) is 0 Å². The molecule has 0 amide bonds. The Balaban J connectivity index is 1.20. The van der Waals surface area contributed by atoms with E-state index >= 15 is 0 Å². The predicted octanol–water partition coefficient (Wildman–Crippen LogP) is 12.0. The van der Waals surface area contributed by atoms with E-state index in [0.717, 1.165) is 65.7 Å². The molecule has 2 aromatic heterocycles. The van der Waals surface area contributed by atoms with E-state index in [-0.39, 0.29) is 0 Å². The SMILES string of the molecule is [C-]#[N+]c1ccc2c(c1)c1cc(-c3nc(-c4ccc5ccccc5c4)nc(-c4ccc5ccccc5c4)n3)ccc1n2-c1ccc2ccccc2c1. The molecule has 0 saturated heterocycles. The molecule has 0 aliphatic rings. The molecule has 0 saturated carbocycles. The zero-order chi connectivity index (χ0) is 33.9. The van der Waals surface area contributed by atoms with Crippen LogP contribution < -0.4 is 0 Å². The molecule has 0 N–H and O–H groups in total. The highest BCUT2D eigenvalue weighted by Gasteiger charge is 2.18. The van der Waals surface area contributed by atoms with Crippen molar-refractivity contribution in [1.82, 2.24) is 19.5 Å². The van der Waals surface area contributed by atoms with Gasteiger partial charge in [0.25, 0.3) is 0 Å². The second-order valence-corrected chi connectivity index (χ2v) is 12.8. The maximum Gasteiger partial charge on any atom is 0.188 e. The van der Waals surface area contributed by atoms with Crippen LogP contribution in [0.3, 0.4) is 0 Å². The maximum absolute atomic E-state index is 7.77. The van der Waals surface area contributed by atoms with Crippen molar-refractivity contribution in [2.75, 3.05) is 0 Å². The topological polar surface area (TPSA) is 48.0 Å². The highest BCUT2D eigenvalue weighted by atomic mass is 15.0. The van der Waals surface area contributed by atoms with Crippen LogP contribution in [-0.4, -0.2) is 19.5 Å². The van der Waals surface area contributed by atoms with E-state index in [4.69, 9.17) is 21.5 Å². The molecule has 0 fully saturated rings. The lowest BCUT2D eigenvalue weighted by Crippen LogP contribution is -2.00. The van der Waals surface area contributed by atoms with Crippen LogP contribution in [0.4, 0.5) is 5.69 Å². The molecule has 10 aromatic rings. The van der Waals surface area contributed by atoms with E-state index in [1.807, 2.05) is 12.1 Å². The lowest BCUT2D eigenvalue weighted by molar-refractivity contribution is 1.08. The molecule has 2 heterocycles. The normalized spacial score (nSPS) is 11.5. The van der Waals surface area contributed by atoms with Crippen molar-refractivity contribution in [3.8, 4) is 39.9 Å². The van der Waals surface area contributed by atoms with Gasteiger partial charge in [0.15, 0.2) is 23.2 Å². The van der Waals surface area contributed by atoms with E-state index in [0.29, 0.717) is 23.2 Å². The fourth-order valence-corrected chi connectivity index (χ4v) is 7.23. The molecule has 236 valence electrons. The van der Waals surface area contributed by atoms with Crippen LogP contribution in [0, 0.1) is 6.57 Å². The van der Waals surface area contributed by atoms with Gasteiger partial charge in [-0.05, 0) is 92.3 Å². The molecule has 0 bridgehead atoms. The fraction of sp³-hybridized carbons (Fsp3) is 0. The summed E-state index contributed by atoms with van der Waals surface area (Å²) in [4.78, 5) is 19.1. The minimum atomic E-state index is 0.589. The predicted molar refractivity (Wildman–Crippen MR) is 209 cm³/mol. The molecule has 10 rings (SSSR count). The van der Waals surface area contributed by atoms with E-state index in [2.05, 4.69) is 161 Å². The highest BCUT2D eigenvalue weighted by molar-refractivity contribution is 6.11. The second kappa shape index (κ2) is 11.5. The molecule has 0 spiro atoms. The number of hydrogen-bond acceptors (Lipinski definition) is 3. The largest absolute Gasteiger partial charge is 0.309 e. The molecule has 0 aliphatic carbocycles. The zero-order valence-electron chi connectivity index (χ0n) is 27.3. The van der Waals surface area contributed by atoms with Gasteiger partial charge in [0, 0.05) is 27.8 Å². The first-order valence-electron chi connectivity index (χ1n) is 16.9. The summed E-state index contributed by atoms with van der Waals surface area (Å²) in [5.41, 5.74) is 6.47. The van der Waals surface area contributed by atoms with Crippen LogP contribution in [0.25, 0.3) is 98.8 Å². The van der Waals surface area contributed by atoms with Gasteiger partial charge in [-0.15, -0.1) is 0 Å². The lowest BCUT2D eigenvalue weighted by Gasteiger charge is -2.11. The van der Waals surface area contributed by atoms with E-state index < -0.39 is 0 Å². The fourth-order valence-electron chi connectivity index (χ4n) is 7.23. The Hall–Kier alpha value is -7.16. The summed E-state index contributed by atoms with van der Waals surface area (Å²) in [5.74, 6) is 1.82. The molecule has 51 heavy (non-hydrogen) atoms. The highest BCUT2D eigenvalue weighted by Crippen LogP contribution is 2.38. The third kappa shape index (κ3) is 4.89. The Morgan fingerprint density at radius 2 is 0.824 bits per heavy atom. The first-order valence-corrected chi connectivity index (χ1v) is 16.9. The van der Waals surface area contributed by atoms with Crippen molar-refractivity contribution in [1.29, 1.82) is 0 Å². The first-order chi connectivity index (χ1) is 25.2. The number of aromatic nitrogens is 4. The summed E-state index contributed by atoms with van der Waals surface area (Å²) < 4.78 is 2.28. The number of benzene rings is 8. The number of rotatable bonds is 4. The molecule has 8 aromatic carbocycles.